The van der Waals surface area contributed by atoms with Crippen LogP contribution in [0.4, 0.5) is 0 Å². The molecule has 0 saturated heterocycles. The van der Waals surface area contributed by atoms with Crippen molar-refractivity contribution in [3.05, 3.63) is 34.4 Å². The van der Waals surface area contributed by atoms with Gasteiger partial charge in [0.1, 0.15) is 0 Å². The molecule has 2 aromatic rings. The normalized spacial score (nSPS) is 13.2. The number of nitrogens with zero attached hydrogens (tertiary/aromatic N) is 2. The van der Waals surface area contributed by atoms with Crippen LogP contribution in [0.1, 0.15) is 47.1 Å². The molecule has 134 valence electrons. The van der Waals surface area contributed by atoms with E-state index < -0.39 is 8.24 Å². The van der Waals surface area contributed by atoms with Crippen LogP contribution in [0, 0.1) is 0 Å². The Labute approximate surface area is 157 Å². The highest BCUT2D eigenvalue weighted by Gasteiger charge is 2.46. The first-order chi connectivity index (χ1) is 11.1. The van der Waals surface area contributed by atoms with E-state index in [0.717, 1.165) is 6.54 Å². The van der Waals surface area contributed by atoms with Gasteiger partial charge in [-0.3, -0.25) is 0 Å². The van der Waals surface area contributed by atoms with Crippen LogP contribution in [0.25, 0.3) is 10.9 Å². The fraction of sp³-hybridized carbons (Fsp3) is 0.600. The molecule has 0 aliphatic carbocycles. The molecule has 24 heavy (non-hydrogen) atoms. The van der Waals surface area contributed by atoms with Crippen molar-refractivity contribution in [2.45, 2.75) is 64.7 Å². The van der Waals surface area contributed by atoms with Crippen LogP contribution in [0.5, 0.6) is 0 Å². The molecule has 2 rings (SSSR count). The maximum absolute atomic E-state index is 3.81. The zero-order valence-electron chi connectivity index (χ0n) is 16.5. The quantitative estimate of drug-likeness (QED) is 0.495. The molecule has 0 N–H and O–H groups in total. The second-order valence-corrected chi connectivity index (χ2v) is 14.8. The summed E-state index contributed by atoms with van der Waals surface area (Å²) >= 11 is 3.81. The van der Waals surface area contributed by atoms with Gasteiger partial charge >= 0.3 is 0 Å². The van der Waals surface area contributed by atoms with Crippen molar-refractivity contribution in [1.82, 2.24) is 9.13 Å². The third kappa shape index (κ3) is 3.13. The SMILES string of the molecule is CC(C)[Si](C(C)C)(C(C)C)n1cc(CN(C)C)c2c(Br)cccc21. The van der Waals surface area contributed by atoms with E-state index in [0.29, 0.717) is 16.6 Å². The van der Waals surface area contributed by atoms with Gasteiger partial charge in [-0.05, 0) is 48.4 Å². The van der Waals surface area contributed by atoms with E-state index in [2.05, 4.69) is 105 Å². The fourth-order valence-electron chi connectivity index (χ4n) is 4.94. The molecule has 0 atom stereocenters. The highest BCUT2D eigenvalue weighted by molar-refractivity contribution is 9.10. The van der Waals surface area contributed by atoms with Gasteiger partial charge in [0.2, 0.25) is 0 Å². The van der Waals surface area contributed by atoms with E-state index in [1.54, 1.807) is 0 Å². The molecule has 2 nitrogen and oxygen atoms in total. The first kappa shape index (κ1) is 19.7. The number of benzene rings is 1. The number of fused-ring (bicyclic) bond motifs is 1. The lowest BCUT2D eigenvalue weighted by Gasteiger charge is -2.44. The van der Waals surface area contributed by atoms with E-state index in [1.165, 1.54) is 20.9 Å². The van der Waals surface area contributed by atoms with Crippen molar-refractivity contribution < 1.29 is 0 Å². The predicted molar refractivity (Wildman–Crippen MR) is 113 cm³/mol. The van der Waals surface area contributed by atoms with Gasteiger partial charge < -0.3 is 9.13 Å². The molecule has 0 saturated carbocycles. The monoisotopic (exact) mass is 408 g/mol. The van der Waals surface area contributed by atoms with Gasteiger partial charge in [0.25, 0.3) is 0 Å². The molecule has 0 bridgehead atoms. The van der Waals surface area contributed by atoms with E-state index in [-0.39, 0.29) is 0 Å². The molecule has 0 aliphatic heterocycles. The summed E-state index contributed by atoms with van der Waals surface area (Å²) in [5, 5.41) is 1.39. The molecule has 1 aromatic heterocycles. The lowest BCUT2D eigenvalue weighted by molar-refractivity contribution is 0.404. The summed E-state index contributed by atoms with van der Waals surface area (Å²) in [4.78, 5) is 2.27. The van der Waals surface area contributed by atoms with E-state index in [4.69, 9.17) is 0 Å². The first-order valence-corrected chi connectivity index (χ1v) is 12.0. The Morgan fingerprint density at radius 2 is 1.54 bits per heavy atom. The Bertz CT molecular complexity index is 679. The molecule has 4 heteroatoms. The highest BCUT2D eigenvalue weighted by atomic mass is 79.9. The Morgan fingerprint density at radius 3 is 2.00 bits per heavy atom. The highest BCUT2D eigenvalue weighted by Crippen LogP contribution is 2.45. The van der Waals surface area contributed by atoms with Crippen molar-refractivity contribution in [1.29, 1.82) is 0 Å². The van der Waals surface area contributed by atoms with Crippen LogP contribution in [-0.2, 0) is 6.54 Å². The smallest absolute Gasteiger partial charge is 0.169 e. The number of hydrogen-bond acceptors (Lipinski definition) is 1. The van der Waals surface area contributed by atoms with E-state index in [1.807, 2.05) is 0 Å². The maximum atomic E-state index is 3.81. The van der Waals surface area contributed by atoms with Crippen LogP contribution in [0.15, 0.2) is 28.9 Å². The van der Waals surface area contributed by atoms with Crippen LogP contribution in [0.3, 0.4) is 0 Å². The largest absolute Gasteiger partial charge is 0.373 e. The van der Waals surface area contributed by atoms with Crippen molar-refractivity contribution in [2.75, 3.05) is 14.1 Å². The topological polar surface area (TPSA) is 8.17 Å². The average Bonchev–Trinajstić information content (AvgIpc) is 2.78. The fourth-order valence-corrected chi connectivity index (χ4v) is 12.2. The first-order valence-electron chi connectivity index (χ1n) is 9.07. The van der Waals surface area contributed by atoms with Gasteiger partial charge in [-0.15, -0.1) is 0 Å². The standard InChI is InChI=1S/C20H33BrN2Si/c1-14(2)24(15(3)4,16(5)6)23-13-17(12-22(7)8)20-18(21)10-9-11-19(20)23/h9-11,13-16H,12H2,1-8H3. The molecule has 0 spiro atoms. The third-order valence-electron chi connectivity index (χ3n) is 5.54. The minimum Gasteiger partial charge on any atom is -0.373 e. The van der Waals surface area contributed by atoms with Gasteiger partial charge in [0.05, 0.1) is 0 Å². The maximum Gasteiger partial charge on any atom is 0.169 e. The lowest BCUT2D eigenvalue weighted by atomic mass is 10.2. The summed E-state index contributed by atoms with van der Waals surface area (Å²) in [6.45, 7) is 15.6. The summed E-state index contributed by atoms with van der Waals surface area (Å²) in [5.41, 5.74) is 4.92. The van der Waals surface area contributed by atoms with E-state index in [9.17, 15) is 0 Å². The van der Waals surface area contributed by atoms with Crippen molar-refractivity contribution >= 4 is 35.1 Å². The molecular weight excluding hydrogens is 376 g/mol. The number of hydrogen-bond donors (Lipinski definition) is 0. The second kappa shape index (κ2) is 7.34. The minimum atomic E-state index is -1.74. The molecule has 1 aromatic carbocycles. The summed E-state index contributed by atoms with van der Waals surface area (Å²) in [6, 6.07) is 6.67. The van der Waals surface area contributed by atoms with Crippen molar-refractivity contribution in [3.8, 4) is 0 Å². The summed E-state index contributed by atoms with van der Waals surface area (Å²) in [5.74, 6) is 0. The zero-order valence-corrected chi connectivity index (χ0v) is 19.1. The predicted octanol–water partition coefficient (Wildman–Crippen LogP) is 6.49. The average molecular weight is 409 g/mol. The Morgan fingerprint density at radius 1 is 1.00 bits per heavy atom. The van der Waals surface area contributed by atoms with Gasteiger partial charge in [-0.25, -0.2) is 0 Å². The second-order valence-electron chi connectivity index (χ2n) is 8.25. The summed E-state index contributed by atoms with van der Waals surface area (Å²) in [6.07, 6.45) is 2.47. The van der Waals surface area contributed by atoms with Crippen molar-refractivity contribution in [3.63, 3.8) is 0 Å². The van der Waals surface area contributed by atoms with Crippen LogP contribution >= 0.6 is 15.9 Å². The Balaban J connectivity index is 2.86. The minimum absolute atomic E-state index is 0.694. The van der Waals surface area contributed by atoms with Crippen LogP contribution < -0.4 is 0 Å². The molecule has 0 amide bonds. The van der Waals surface area contributed by atoms with Gasteiger partial charge in [-0.1, -0.05) is 63.5 Å². The number of rotatable bonds is 6. The van der Waals surface area contributed by atoms with Crippen LogP contribution in [-0.4, -0.2) is 31.5 Å². The van der Waals surface area contributed by atoms with Gasteiger partial charge in [0.15, 0.2) is 8.24 Å². The van der Waals surface area contributed by atoms with Crippen molar-refractivity contribution in [2.24, 2.45) is 0 Å². The summed E-state index contributed by atoms with van der Waals surface area (Å²) < 4.78 is 3.95. The third-order valence-corrected chi connectivity index (χ3v) is 13.0. The van der Waals surface area contributed by atoms with E-state index >= 15 is 0 Å². The molecule has 0 radical (unpaired) electrons. The Kier molecular flexibility index (Phi) is 6.04. The van der Waals surface area contributed by atoms with Crippen LogP contribution in [0.2, 0.25) is 16.6 Å². The van der Waals surface area contributed by atoms with Gasteiger partial charge in [0, 0.05) is 28.1 Å². The summed E-state index contributed by atoms with van der Waals surface area (Å²) in [7, 11) is 2.56. The number of aromatic nitrogens is 1. The number of halogens is 1. The zero-order chi connectivity index (χ0) is 18.2. The molecule has 0 aliphatic rings. The molecule has 1 heterocycles. The van der Waals surface area contributed by atoms with Gasteiger partial charge in [-0.2, -0.15) is 0 Å². The molecular formula is C20H33BrN2Si. The Hall–Kier alpha value is -0.583. The molecule has 0 unspecified atom stereocenters. The molecule has 0 fully saturated rings. The lowest BCUT2D eigenvalue weighted by Crippen LogP contribution is -2.51.